The fraction of sp³-hybridized carbons (Fsp3) is 0.920. The first-order chi connectivity index (χ1) is 33.1. The molecule has 5 aliphatic carbocycles. The lowest BCUT2D eigenvalue weighted by atomic mass is 9.33. The number of allylic oxidation sites excluding steroid dienone is 2. The largest absolute Gasteiger partial charge is 0.457 e. The Balaban J connectivity index is 1.21. The van der Waals surface area contributed by atoms with Gasteiger partial charge in [-0.15, -0.1) is 0 Å². The van der Waals surface area contributed by atoms with Crippen molar-refractivity contribution >= 4 is 11.9 Å². The van der Waals surface area contributed by atoms with Gasteiger partial charge in [0.05, 0.1) is 57.3 Å². The molecular formula is C50H80O21. The first-order valence-corrected chi connectivity index (χ1v) is 25.5. The van der Waals surface area contributed by atoms with E-state index in [1.807, 2.05) is 6.92 Å². The molecule has 0 unspecified atom stereocenters. The lowest BCUT2D eigenvalue weighted by molar-refractivity contribution is -0.371. The van der Waals surface area contributed by atoms with E-state index in [2.05, 4.69) is 40.7 Å². The van der Waals surface area contributed by atoms with Crippen LogP contribution >= 0.6 is 0 Å². The maximum Gasteiger partial charge on any atom is 0.317 e. The highest BCUT2D eigenvalue weighted by molar-refractivity contribution is 5.80. The Kier molecular flexibility index (Phi) is 15.4. The molecule has 8 rings (SSSR count). The number of carbonyl (C=O) groups is 2. The van der Waals surface area contributed by atoms with Crippen molar-refractivity contribution in [2.45, 2.75) is 211 Å². The number of fused-ring (bicyclic) bond motifs is 7. The van der Waals surface area contributed by atoms with Gasteiger partial charge in [-0.05, 0) is 97.7 Å². The van der Waals surface area contributed by atoms with Gasteiger partial charge in [0.2, 0.25) is 6.29 Å². The lowest BCUT2D eigenvalue weighted by Gasteiger charge is -2.72. The highest BCUT2D eigenvalue weighted by Gasteiger charge is 2.73. The number of carbonyl (C=O) groups excluding carboxylic acids is 2. The van der Waals surface area contributed by atoms with Crippen LogP contribution in [0.1, 0.15) is 106 Å². The molecule has 3 heterocycles. The zero-order valence-corrected chi connectivity index (χ0v) is 41.9. The number of rotatable bonds is 11. The standard InChI is InChI=1S/C50H80O21/c1-22(53)14-32(56)67-28-20-66-41(38(62)35(28)59)70-39-36(60)34(58)27(18-51)68-43(39)69-31-17-49(7)23(8-9-30-46(4)16-25(54)40(63)47(5,21-52)29(46)10-11-48(30,49)6)24-15-45(2,3)12-13-50(24,31)44(64)71-42-37(61)33(57)26(55)19-65-42/h8,22,24-31,33-43,51-55,57-63H,9-21H2,1-7H3/t22-,24-,25-,26-,27+,28-,29+,30+,31+,33-,34+,35-,36-,37+,38+,39+,40-,41-,42-,43-,46-,47-,48+,49+,50+/m0/s1. The van der Waals surface area contributed by atoms with Crippen molar-refractivity contribution in [2.24, 2.45) is 50.2 Å². The third-order valence-electron chi connectivity index (χ3n) is 19.4. The first-order valence-electron chi connectivity index (χ1n) is 25.5. The van der Waals surface area contributed by atoms with Crippen LogP contribution in [0, 0.1) is 50.2 Å². The van der Waals surface area contributed by atoms with Crippen LogP contribution in [0.25, 0.3) is 0 Å². The van der Waals surface area contributed by atoms with Crippen LogP contribution in [0.2, 0.25) is 0 Å². The van der Waals surface area contributed by atoms with Gasteiger partial charge in [0.25, 0.3) is 0 Å². The van der Waals surface area contributed by atoms with Crippen molar-refractivity contribution in [3.05, 3.63) is 11.6 Å². The molecule has 3 saturated heterocycles. The first kappa shape index (κ1) is 55.2. The number of ether oxygens (including phenoxy) is 7. The van der Waals surface area contributed by atoms with Gasteiger partial charge in [-0.25, -0.2) is 0 Å². The highest BCUT2D eigenvalue weighted by atomic mass is 16.8. The highest BCUT2D eigenvalue weighted by Crippen LogP contribution is 2.76. The molecule has 21 heteroatoms. The minimum Gasteiger partial charge on any atom is -0.457 e. The fourth-order valence-electron chi connectivity index (χ4n) is 15.2. The SMILES string of the molecule is C[C@H](O)CC(=O)O[C@H]1CO[C@@H](O[C@H]2[C@H](O[C@@H]3C[C@]4(C)C(=CC[C@@H]5[C@@]6(C)C[C@H](O)[C@H](O)[C@@](C)(CO)[C@@H]6CC[C@]54C)[C@@H]4CC(C)(C)CC[C@]34C(=O)O[C@@H]3OC[C@H](O)[C@H](O)[C@H]3O)O[C@H](CO)[C@@H](O)[C@@H]2O)[C@H](O)[C@H]1O. The molecule has 25 atom stereocenters. The summed E-state index contributed by atoms with van der Waals surface area (Å²) < 4.78 is 42.3. The van der Waals surface area contributed by atoms with Crippen LogP contribution < -0.4 is 0 Å². The summed E-state index contributed by atoms with van der Waals surface area (Å²) in [6.07, 6.45) is -21.8. The summed E-state index contributed by atoms with van der Waals surface area (Å²) in [5.41, 5.74) is -4.02. The van der Waals surface area contributed by atoms with E-state index in [0.29, 0.717) is 32.1 Å². The van der Waals surface area contributed by atoms with Crippen LogP contribution in [-0.2, 0) is 42.7 Å². The second-order valence-corrected chi connectivity index (χ2v) is 24.2. The van der Waals surface area contributed by atoms with Gasteiger partial charge < -0.3 is 94.4 Å². The number of aliphatic hydroxyl groups excluding tert-OH is 12. The molecular weight excluding hydrogens is 937 g/mol. The molecule has 4 saturated carbocycles. The fourth-order valence-corrected chi connectivity index (χ4v) is 15.2. The quantitative estimate of drug-likeness (QED) is 0.0841. The van der Waals surface area contributed by atoms with E-state index in [0.717, 1.165) is 5.57 Å². The van der Waals surface area contributed by atoms with E-state index in [1.54, 1.807) is 0 Å². The summed E-state index contributed by atoms with van der Waals surface area (Å²) in [5, 5.41) is 132. The average Bonchev–Trinajstić information content (AvgIpc) is 3.30. The van der Waals surface area contributed by atoms with Crippen molar-refractivity contribution in [3.8, 4) is 0 Å². The number of aliphatic hydroxyl groups is 12. The van der Waals surface area contributed by atoms with E-state index >= 15 is 4.79 Å². The Morgan fingerprint density at radius 3 is 2.07 bits per heavy atom. The molecule has 406 valence electrons. The van der Waals surface area contributed by atoms with Gasteiger partial charge in [0, 0.05) is 5.41 Å². The van der Waals surface area contributed by atoms with E-state index in [1.165, 1.54) is 6.92 Å². The number of esters is 2. The third kappa shape index (κ3) is 9.04. The molecule has 21 nitrogen and oxygen atoms in total. The summed E-state index contributed by atoms with van der Waals surface area (Å²) in [5.74, 6) is -2.65. The minimum atomic E-state index is -1.92. The van der Waals surface area contributed by atoms with Crippen molar-refractivity contribution < 1.29 is 104 Å². The topological polar surface area (TPSA) is 342 Å². The Morgan fingerprint density at radius 1 is 0.732 bits per heavy atom. The molecule has 0 aromatic carbocycles. The molecule has 0 spiro atoms. The maximum absolute atomic E-state index is 15.6. The average molecular weight is 1020 g/mol. The van der Waals surface area contributed by atoms with E-state index in [9.17, 15) is 66.1 Å². The summed E-state index contributed by atoms with van der Waals surface area (Å²) in [6.45, 7) is 11.8. The van der Waals surface area contributed by atoms with Crippen molar-refractivity contribution in [1.82, 2.24) is 0 Å². The molecule has 0 aromatic heterocycles. The Labute approximate surface area is 414 Å². The molecule has 71 heavy (non-hydrogen) atoms. The third-order valence-corrected chi connectivity index (χ3v) is 19.4. The van der Waals surface area contributed by atoms with Gasteiger partial charge in [-0.3, -0.25) is 9.59 Å². The van der Waals surface area contributed by atoms with Gasteiger partial charge in [0.1, 0.15) is 60.4 Å². The van der Waals surface area contributed by atoms with Crippen molar-refractivity contribution in [1.29, 1.82) is 0 Å². The van der Waals surface area contributed by atoms with Gasteiger partial charge in [0.15, 0.2) is 18.7 Å². The predicted octanol–water partition coefficient (Wildman–Crippen LogP) is -1.35. The smallest absolute Gasteiger partial charge is 0.317 e. The van der Waals surface area contributed by atoms with Crippen LogP contribution in [0.3, 0.4) is 0 Å². The van der Waals surface area contributed by atoms with Crippen LogP contribution in [-0.4, -0.2) is 204 Å². The van der Waals surface area contributed by atoms with E-state index in [4.69, 9.17) is 33.2 Å². The number of hydrogen-bond donors (Lipinski definition) is 12. The van der Waals surface area contributed by atoms with Crippen molar-refractivity contribution in [3.63, 3.8) is 0 Å². The van der Waals surface area contributed by atoms with Gasteiger partial charge in [-0.2, -0.15) is 0 Å². The van der Waals surface area contributed by atoms with Gasteiger partial charge in [-0.1, -0.05) is 53.2 Å². The number of hydrogen-bond acceptors (Lipinski definition) is 21. The van der Waals surface area contributed by atoms with Crippen LogP contribution in [0.15, 0.2) is 11.6 Å². The summed E-state index contributed by atoms with van der Waals surface area (Å²) in [6, 6.07) is 0. The monoisotopic (exact) mass is 1020 g/mol. The second-order valence-electron chi connectivity index (χ2n) is 24.2. The van der Waals surface area contributed by atoms with Crippen molar-refractivity contribution in [2.75, 3.05) is 26.4 Å². The Bertz CT molecular complexity index is 1970. The van der Waals surface area contributed by atoms with E-state index in [-0.39, 0.29) is 43.1 Å². The van der Waals surface area contributed by atoms with Crippen LogP contribution in [0.5, 0.6) is 0 Å². The molecule has 7 fully saturated rings. The summed E-state index contributed by atoms with van der Waals surface area (Å²) >= 11 is 0. The predicted molar refractivity (Wildman–Crippen MR) is 243 cm³/mol. The molecule has 0 bridgehead atoms. The zero-order chi connectivity index (χ0) is 52.1. The van der Waals surface area contributed by atoms with Gasteiger partial charge >= 0.3 is 11.9 Å². The molecule has 3 aliphatic heterocycles. The Hall–Kier alpha value is -2.00. The molecule has 0 aromatic rings. The molecule has 0 amide bonds. The zero-order valence-electron chi connectivity index (χ0n) is 41.9. The second kappa shape index (κ2) is 19.9. The van der Waals surface area contributed by atoms with Crippen LogP contribution in [0.4, 0.5) is 0 Å². The van der Waals surface area contributed by atoms with E-state index < -0.39 is 175 Å². The maximum atomic E-state index is 15.6. The molecule has 0 radical (unpaired) electrons. The Morgan fingerprint density at radius 2 is 1.41 bits per heavy atom. The lowest BCUT2D eigenvalue weighted by Crippen LogP contribution is -2.70. The molecule has 12 N–H and O–H groups in total. The molecule has 8 aliphatic rings. The summed E-state index contributed by atoms with van der Waals surface area (Å²) in [7, 11) is 0. The normalized spacial score (nSPS) is 52.1. The minimum absolute atomic E-state index is 0.0895. The summed E-state index contributed by atoms with van der Waals surface area (Å²) in [4.78, 5) is 28.0.